The van der Waals surface area contributed by atoms with E-state index >= 15 is 0 Å². The molecule has 4 nitrogen and oxygen atoms in total. The fourth-order valence-corrected chi connectivity index (χ4v) is 2.03. The van der Waals surface area contributed by atoms with Gasteiger partial charge in [0.05, 0.1) is 5.69 Å². The van der Waals surface area contributed by atoms with Crippen LogP contribution in [0.25, 0.3) is 0 Å². The van der Waals surface area contributed by atoms with E-state index in [1.165, 1.54) is 12.1 Å². The molecule has 0 saturated carbocycles. The molecule has 92 valence electrons. The lowest BCUT2D eigenvalue weighted by Crippen LogP contribution is -2.52. The predicted octanol–water partition coefficient (Wildman–Crippen LogP) is 1.13. The van der Waals surface area contributed by atoms with Crippen molar-refractivity contribution in [1.82, 2.24) is 5.01 Å². The van der Waals surface area contributed by atoms with Crippen LogP contribution in [0.1, 0.15) is 12.8 Å². The van der Waals surface area contributed by atoms with Crippen LogP contribution < -0.4 is 10.7 Å². The number of hydrazine groups is 1. The van der Waals surface area contributed by atoms with Crippen LogP contribution in [0.3, 0.4) is 0 Å². The average molecular weight is 237 g/mol. The fourth-order valence-electron chi connectivity index (χ4n) is 2.03. The van der Waals surface area contributed by atoms with Gasteiger partial charge in [-0.1, -0.05) is 0 Å². The van der Waals surface area contributed by atoms with E-state index in [-0.39, 0.29) is 11.7 Å². The molecule has 0 aromatic heterocycles. The quantitative estimate of drug-likeness (QED) is 0.857. The smallest absolute Gasteiger partial charge is 0.241 e. The van der Waals surface area contributed by atoms with Crippen LogP contribution in [-0.4, -0.2) is 30.6 Å². The van der Waals surface area contributed by atoms with E-state index in [1.54, 1.807) is 17.1 Å². The van der Waals surface area contributed by atoms with Crippen molar-refractivity contribution in [2.45, 2.75) is 12.8 Å². The minimum Gasteiger partial charge on any atom is -0.329 e. The van der Waals surface area contributed by atoms with Crippen molar-refractivity contribution in [2.24, 2.45) is 5.73 Å². The van der Waals surface area contributed by atoms with Crippen LogP contribution in [0.2, 0.25) is 0 Å². The second-order valence-corrected chi connectivity index (χ2v) is 4.03. The summed E-state index contributed by atoms with van der Waals surface area (Å²) in [5.74, 6) is -0.264. The van der Waals surface area contributed by atoms with Crippen LogP contribution in [0.4, 0.5) is 10.1 Å². The third kappa shape index (κ3) is 2.62. The molecular formula is C12H16FN3O. The topological polar surface area (TPSA) is 49.6 Å². The van der Waals surface area contributed by atoms with E-state index in [0.29, 0.717) is 25.2 Å². The Morgan fingerprint density at radius 3 is 2.65 bits per heavy atom. The Hall–Kier alpha value is -1.46. The van der Waals surface area contributed by atoms with Gasteiger partial charge < -0.3 is 5.73 Å². The Balaban J connectivity index is 2.24. The first kappa shape index (κ1) is 12.0. The summed E-state index contributed by atoms with van der Waals surface area (Å²) in [6.07, 6.45) is 1.37. The molecule has 1 aromatic rings. The highest BCUT2D eigenvalue weighted by Crippen LogP contribution is 2.22. The molecule has 5 heteroatoms. The number of nitrogens with zero attached hydrogens (tertiary/aromatic N) is 2. The van der Waals surface area contributed by atoms with Crippen molar-refractivity contribution < 1.29 is 9.18 Å². The maximum absolute atomic E-state index is 12.9. The van der Waals surface area contributed by atoms with Gasteiger partial charge in [0.2, 0.25) is 5.91 Å². The second-order valence-electron chi connectivity index (χ2n) is 4.03. The number of benzene rings is 1. The zero-order chi connectivity index (χ0) is 12.3. The third-order valence-electron chi connectivity index (χ3n) is 2.78. The third-order valence-corrected chi connectivity index (χ3v) is 2.78. The fraction of sp³-hybridized carbons (Fsp3) is 0.417. The minimum absolute atomic E-state index is 0.0382. The van der Waals surface area contributed by atoms with E-state index in [4.69, 9.17) is 5.73 Å². The highest BCUT2D eigenvalue weighted by Gasteiger charge is 2.26. The Morgan fingerprint density at radius 2 is 2.00 bits per heavy atom. The summed E-state index contributed by atoms with van der Waals surface area (Å²) >= 11 is 0. The summed E-state index contributed by atoms with van der Waals surface area (Å²) in [6.45, 7) is 1.93. The van der Waals surface area contributed by atoms with E-state index in [1.807, 2.05) is 5.01 Å². The monoisotopic (exact) mass is 237 g/mol. The molecule has 17 heavy (non-hydrogen) atoms. The van der Waals surface area contributed by atoms with E-state index in [9.17, 15) is 9.18 Å². The number of hydrogen-bond acceptors (Lipinski definition) is 3. The predicted molar refractivity (Wildman–Crippen MR) is 63.7 cm³/mol. The van der Waals surface area contributed by atoms with Crippen molar-refractivity contribution in [2.75, 3.05) is 24.6 Å². The lowest BCUT2D eigenvalue weighted by molar-refractivity contribution is -0.123. The molecule has 0 radical (unpaired) electrons. The van der Waals surface area contributed by atoms with Crippen LogP contribution in [0.15, 0.2) is 24.3 Å². The molecule has 1 amide bonds. The van der Waals surface area contributed by atoms with Gasteiger partial charge >= 0.3 is 0 Å². The van der Waals surface area contributed by atoms with Crippen molar-refractivity contribution >= 4 is 11.6 Å². The summed E-state index contributed by atoms with van der Waals surface area (Å²) in [7, 11) is 0. The lowest BCUT2D eigenvalue weighted by atomic mass is 10.2. The van der Waals surface area contributed by atoms with Crippen molar-refractivity contribution in [3.8, 4) is 0 Å². The van der Waals surface area contributed by atoms with Crippen LogP contribution in [-0.2, 0) is 4.79 Å². The highest BCUT2D eigenvalue weighted by molar-refractivity contribution is 5.93. The Labute approximate surface area is 99.8 Å². The summed E-state index contributed by atoms with van der Waals surface area (Å²) in [5.41, 5.74) is 6.23. The van der Waals surface area contributed by atoms with Gasteiger partial charge in [0.1, 0.15) is 5.82 Å². The largest absolute Gasteiger partial charge is 0.329 e. The van der Waals surface area contributed by atoms with Gasteiger partial charge in [0.25, 0.3) is 0 Å². The standard InChI is InChI=1S/C12H16FN3O/c13-10-3-5-11(6-4-10)16-12(17)2-1-8-15(16)9-7-14/h3-6H,1-2,7-9,14H2. The van der Waals surface area contributed by atoms with E-state index < -0.39 is 0 Å². The van der Waals surface area contributed by atoms with Crippen LogP contribution in [0.5, 0.6) is 0 Å². The zero-order valence-corrected chi connectivity index (χ0v) is 9.60. The molecule has 1 aromatic carbocycles. The van der Waals surface area contributed by atoms with Gasteiger partial charge in [-0.2, -0.15) is 0 Å². The number of anilines is 1. The summed E-state index contributed by atoms with van der Waals surface area (Å²) in [6, 6.07) is 5.94. The average Bonchev–Trinajstić information content (AvgIpc) is 2.32. The van der Waals surface area contributed by atoms with Crippen LogP contribution >= 0.6 is 0 Å². The number of amides is 1. The maximum Gasteiger partial charge on any atom is 0.241 e. The lowest BCUT2D eigenvalue weighted by Gasteiger charge is -2.38. The Bertz CT molecular complexity index is 391. The molecule has 0 aliphatic carbocycles. The second kappa shape index (κ2) is 5.25. The van der Waals surface area contributed by atoms with Gasteiger partial charge in [-0.15, -0.1) is 0 Å². The molecule has 1 saturated heterocycles. The number of hydrogen-bond donors (Lipinski definition) is 1. The number of halogens is 1. The number of rotatable bonds is 3. The molecule has 0 atom stereocenters. The SMILES string of the molecule is NCCN1CCCC(=O)N1c1ccc(F)cc1. The van der Waals surface area contributed by atoms with Gasteiger partial charge in [0.15, 0.2) is 0 Å². The molecule has 1 aliphatic rings. The normalized spacial score (nSPS) is 17.5. The van der Waals surface area contributed by atoms with E-state index in [0.717, 1.165) is 13.0 Å². The first-order chi connectivity index (χ1) is 8.22. The van der Waals surface area contributed by atoms with Gasteiger partial charge in [-0.25, -0.2) is 14.4 Å². The first-order valence-electron chi connectivity index (χ1n) is 5.76. The number of carbonyl (C=O) groups excluding carboxylic acids is 1. The van der Waals surface area contributed by atoms with Crippen molar-refractivity contribution in [3.05, 3.63) is 30.1 Å². The molecule has 2 N–H and O–H groups in total. The van der Waals surface area contributed by atoms with Crippen molar-refractivity contribution in [1.29, 1.82) is 0 Å². The molecule has 0 spiro atoms. The number of carbonyl (C=O) groups is 1. The zero-order valence-electron chi connectivity index (χ0n) is 9.60. The maximum atomic E-state index is 12.9. The Kier molecular flexibility index (Phi) is 3.71. The molecule has 0 unspecified atom stereocenters. The summed E-state index contributed by atoms with van der Waals surface area (Å²) in [4.78, 5) is 11.9. The van der Waals surface area contributed by atoms with Gasteiger partial charge in [-0.3, -0.25) is 4.79 Å². The van der Waals surface area contributed by atoms with Gasteiger partial charge in [-0.05, 0) is 30.7 Å². The first-order valence-corrected chi connectivity index (χ1v) is 5.76. The molecule has 2 rings (SSSR count). The summed E-state index contributed by atoms with van der Waals surface area (Å²) < 4.78 is 12.9. The summed E-state index contributed by atoms with van der Waals surface area (Å²) in [5, 5.41) is 3.52. The molecule has 1 fully saturated rings. The van der Waals surface area contributed by atoms with Crippen LogP contribution in [0, 0.1) is 5.82 Å². The molecule has 1 heterocycles. The Morgan fingerprint density at radius 1 is 1.29 bits per heavy atom. The van der Waals surface area contributed by atoms with Gasteiger partial charge in [0, 0.05) is 26.1 Å². The molecule has 0 bridgehead atoms. The van der Waals surface area contributed by atoms with E-state index in [2.05, 4.69) is 0 Å². The van der Waals surface area contributed by atoms with Crippen molar-refractivity contribution in [3.63, 3.8) is 0 Å². The number of nitrogens with two attached hydrogens (primary N) is 1. The minimum atomic E-state index is -0.302. The molecular weight excluding hydrogens is 221 g/mol. The molecule has 1 aliphatic heterocycles. The highest BCUT2D eigenvalue weighted by atomic mass is 19.1.